The average molecular weight is 411 g/mol. The maximum Gasteiger partial charge on any atom is 0.244 e. The molecule has 1 aliphatic heterocycles. The smallest absolute Gasteiger partial charge is 0.244 e. The van der Waals surface area contributed by atoms with E-state index in [0.717, 1.165) is 11.3 Å². The number of nitriles is 1. The van der Waals surface area contributed by atoms with E-state index >= 15 is 0 Å². The first kappa shape index (κ1) is 16.4. The number of allylic oxidation sites excluding steroid dienone is 1. The van der Waals surface area contributed by atoms with Crippen LogP contribution >= 0.6 is 15.9 Å². The highest BCUT2D eigenvalue weighted by molar-refractivity contribution is 9.10. The van der Waals surface area contributed by atoms with Gasteiger partial charge in [0.25, 0.3) is 0 Å². The Balaban J connectivity index is 1.97. The molecule has 1 aliphatic rings. The summed E-state index contributed by atoms with van der Waals surface area (Å²) in [7, 11) is 0. The first-order chi connectivity index (χ1) is 12.6. The van der Waals surface area contributed by atoms with Gasteiger partial charge in [-0.05, 0) is 39.2 Å². The normalized spacial score (nSPS) is 16.0. The number of nitrogens with two attached hydrogens (primary N) is 1. The summed E-state index contributed by atoms with van der Waals surface area (Å²) in [5, 5.41) is 16.8. The van der Waals surface area contributed by atoms with Gasteiger partial charge in [-0.3, -0.25) is 5.10 Å². The average Bonchev–Trinajstić information content (AvgIpc) is 3.07. The van der Waals surface area contributed by atoms with E-state index in [4.69, 9.17) is 10.5 Å². The molecule has 5 nitrogen and oxygen atoms in total. The van der Waals surface area contributed by atoms with Crippen LogP contribution in [0.3, 0.4) is 0 Å². The van der Waals surface area contributed by atoms with Crippen LogP contribution in [0.4, 0.5) is 4.39 Å². The second-order valence-electron chi connectivity index (χ2n) is 5.78. The standard InChI is InChI=1S/C19H12BrFN4O/c20-13-8-11(6-7-14(13)21)15-12(9-22)18(23)26-19-16(15)17(24-25-19)10-4-2-1-3-5-10/h1-8,15H,23H2,(H,24,25)/t15-/m1/s1. The zero-order chi connectivity index (χ0) is 18.3. The van der Waals surface area contributed by atoms with Crippen molar-refractivity contribution in [3.63, 3.8) is 0 Å². The Labute approximate surface area is 157 Å². The number of fused-ring (bicyclic) bond motifs is 1. The number of aromatic amines is 1. The van der Waals surface area contributed by atoms with Crippen molar-refractivity contribution < 1.29 is 9.13 Å². The minimum absolute atomic E-state index is 0.00319. The molecule has 0 spiro atoms. The molecule has 1 aromatic heterocycles. The number of rotatable bonds is 2. The van der Waals surface area contributed by atoms with Crippen molar-refractivity contribution >= 4 is 15.9 Å². The summed E-state index contributed by atoms with van der Waals surface area (Å²) in [5.74, 6) is -0.594. The lowest BCUT2D eigenvalue weighted by Gasteiger charge is -2.24. The molecule has 4 rings (SSSR count). The minimum atomic E-state index is -0.519. The number of hydrogen-bond donors (Lipinski definition) is 2. The zero-order valence-corrected chi connectivity index (χ0v) is 14.9. The van der Waals surface area contributed by atoms with E-state index in [9.17, 15) is 9.65 Å². The fourth-order valence-electron chi connectivity index (χ4n) is 3.10. The van der Waals surface area contributed by atoms with Crippen molar-refractivity contribution in [3.05, 3.63) is 81.4 Å². The number of ether oxygens (including phenoxy) is 1. The fourth-order valence-corrected chi connectivity index (χ4v) is 3.49. The summed E-state index contributed by atoms with van der Waals surface area (Å²) in [6.45, 7) is 0. The molecular weight excluding hydrogens is 399 g/mol. The first-order valence-corrected chi connectivity index (χ1v) is 8.55. The van der Waals surface area contributed by atoms with Crippen molar-refractivity contribution in [1.82, 2.24) is 10.2 Å². The number of nitrogens with one attached hydrogen (secondary N) is 1. The molecule has 2 heterocycles. The van der Waals surface area contributed by atoms with Crippen molar-refractivity contribution in [2.75, 3.05) is 0 Å². The second-order valence-corrected chi connectivity index (χ2v) is 6.64. The van der Waals surface area contributed by atoms with Gasteiger partial charge in [-0.2, -0.15) is 5.26 Å². The van der Waals surface area contributed by atoms with Crippen molar-refractivity contribution in [2.24, 2.45) is 5.73 Å². The van der Waals surface area contributed by atoms with Gasteiger partial charge in [-0.1, -0.05) is 36.4 Å². The van der Waals surface area contributed by atoms with E-state index in [-0.39, 0.29) is 17.3 Å². The molecule has 0 unspecified atom stereocenters. The highest BCUT2D eigenvalue weighted by Gasteiger charge is 2.35. The molecule has 0 aliphatic carbocycles. The van der Waals surface area contributed by atoms with Crippen LogP contribution in [0.15, 0.2) is 64.5 Å². The van der Waals surface area contributed by atoms with Gasteiger partial charge < -0.3 is 10.5 Å². The van der Waals surface area contributed by atoms with Crippen LogP contribution in [-0.2, 0) is 0 Å². The molecule has 0 fully saturated rings. The number of benzene rings is 2. The van der Waals surface area contributed by atoms with Crippen molar-refractivity contribution in [2.45, 2.75) is 5.92 Å². The quantitative estimate of drug-likeness (QED) is 0.662. The maximum atomic E-state index is 13.7. The van der Waals surface area contributed by atoms with Crippen LogP contribution < -0.4 is 10.5 Å². The van der Waals surface area contributed by atoms with E-state index in [1.807, 2.05) is 30.3 Å². The van der Waals surface area contributed by atoms with E-state index < -0.39 is 5.92 Å². The van der Waals surface area contributed by atoms with Crippen molar-refractivity contribution in [3.8, 4) is 23.2 Å². The number of H-pyrrole nitrogens is 1. The summed E-state index contributed by atoms with van der Waals surface area (Å²) in [6, 6.07) is 16.3. The molecule has 3 N–H and O–H groups in total. The van der Waals surface area contributed by atoms with Crippen LogP contribution in [0.5, 0.6) is 5.88 Å². The van der Waals surface area contributed by atoms with Crippen LogP contribution in [0.25, 0.3) is 11.3 Å². The largest absolute Gasteiger partial charge is 0.420 e. The van der Waals surface area contributed by atoms with E-state index in [0.29, 0.717) is 21.5 Å². The minimum Gasteiger partial charge on any atom is -0.420 e. The molecule has 26 heavy (non-hydrogen) atoms. The van der Waals surface area contributed by atoms with E-state index in [2.05, 4.69) is 32.2 Å². The van der Waals surface area contributed by atoms with Gasteiger partial charge >= 0.3 is 0 Å². The lowest BCUT2D eigenvalue weighted by atomic mass is 9.83. The van der Waals surface area contributed by atoms with Crippen molar-refractivity contribution in [1.29, 1.82) is 5.26 Å². The van der Waals surface area contributed by atoms with E-state index in [1.54, 1.807) is 12.1 Å². The number of halogens is 2. The second kappa shape index (κ2) is 6.32. The van der Waals surface area contributed by atoms with Gasteiger partial charge in [0.1, 0.15) is 17.5 Å². The van der Waals surface area contributed by atoms with Crippen LogP contribution in [0.1, 0.15) is 17.0 Å². The molecule has 1 atom stereocenters. The van der Waals surface area contributed by atoms with Gasteiger partial charge in [0.05, 0.1) is 21.6 Å². The molecule has 7 heteroatoms. The van der Waals surface area contributed by atoms with Gasteiger partial charge in [0.2, 0.25) is 11.8 Å². The Bertz CT molecular complexity index is 1070. The number of aromatic nitrogens is 2. The van der Waals surface area contributed by atoms with Gasteiger partial charge in [-0.25, -0.2) is 4.39 Å². The molecule has 0 radical (unpaired) electrons. The predicted molar refractivity (Wildman–Crippen MR) is 97.4 cm³/mol. The number of nitrogens with zero attached hydrogens (tertiary/aromatic N) is 2. The summed E-state index contributed by atoms with van der Waals surface area (Å²) in [5.41, 5.74) is 9.23. The fraction of sp³-hybridized carbons (Fsp3) is 0.0526. The third-order valence-electron chi connectivity index (χ3n) is 4.28. The zero-order valence-electron chi connectivity index (χ0n) is 13.3. The molecule has 0 bridgehead atoms. The third-order valence-corrected chi connectivity index (χ3v) is 4.89. The summed E-state index contributed by atoms with van der Waals surface area (Å²) < 4.78 is 19.6. The molecule has 128 valence electrons. The van der Waals surface area contributed by atoms with Crippen LogP contribution in [0.2, 0.25) is 0 Å². The van der Waals surface area contributed by atoms with Gasteiger partial charge in [-0.15, -0.1) is 5.10 Å². The summed E-state index contributed by atoms with van der Waals surface area (Å²) in [6.07, 6.45) is 0. The predicted octanol–water partition coefficient (Wildman–Crippen LogP) is 4.20. The monoisotopic (exact) mass is 410 g/mol. The summed E-state index contributed by atoms with van der Waals surface area (Å²) in [4.78, 5) is 0. The Hall–Kier alpha value is -3.11. The van der Waals surface area contributed by atoms with E-state index in [1.165, 1.54) is 6.07 Å². The highest BCUT2D eigenvalue weighted by Crippen LogP contribution is 2.46. The molecule has 0 amide bonds. The molecule has 2 aromatic carbocycles. The molecular formula is C19H12BrFN4O. The summed E-state index contributed by atoms with van der Waals surface area (Å²) >= 11 is 3.20. The number of hydrogen-bond acceptors (Lipinski definition) is 4. The Kier molecular flexibility index (Phi) is 3.98. The van der Waals surface area contributed by atoms with Gasteiger partial charge in [0.15, 0.2) is 0 Å². The SMILES string of the molecule is N#CC1=C(N)Oc2n[nH]c(-c3ccccc3)c2[C@@H]1c1ccc(F)c(Br)c1. The van der Waals surface area contributed by atoms with Crippen LogP contribution in [-0.4, -0.2) is 10.2 Å². The highest BCUT2D eigenvalue weighted by atomic mass is 79.9. The first-order valence-electron chi connectivity index (χ1n) is 7.76. The van der Waals surface area contributed by atoms with Gasteiger partial charge in [0, 0.05) is 0 Å². The maximum absolute atomic E-state index is 13.7. The molecule has 3 aromatic rings. The topological polar surface area (TPSA) is 87.7 Å². The Morgan fingerprint density at radius 2 is 2.00 bits per heavy atom. The molecule has 0 saturated carbocycles. The Morgan fingerprint density at radius 1 is 1.23 bits per heavy atom. The lowest BCUT2D eigenvalue weighted by Crippen LogP contribution is -2.21. The molecule has 0 saturated heterocycles. The van der Waals surface area contributed by atoms with Crippen LogP contribution in [0, 0.1) is 17.1 Å². The lowest BCUT2D eigenvalue weighted by molar-refractivity contribution is 0.379. The Morgan fingerprint density at radius 3 is 2.69 bits per heavy atom. The third kappa shape index (κ3) is 2.55.